The van der Waals surface area contributed by atoms with Crippen molar-refractivity contribution < 1.29 is 14.7 Å². The van der Waals surface area contributed by atoms with E-state index in [1.807, 2.05) is 25.9 Å². The fourth-order valence-corrected chi connectivity index (χ4v) is 1.51. The lowest BCUT2D eigenvalue weighted by Gasteiger charge is -2.24. The molecule has 0 aromatic heterocycles. The first-order valence-corrected chi connectivity index (χ1v) is 5.79. The molecule has 0 aliphatic carbocycles. The van der Waals surface area contributed by atoms with E-state index in [0.29, 0.717) is 13.1 Å². The third-order valence-electron chi connectivity index (χ3n) is 2.44. The third kappa shape index (κ3) is 6.91. The van der Waals surface area contributed by atoms with Crippen molar-refractivity contribution in [1.82, 2.24) is 9.80 Å². The molecular weight excluding hydrogens is 222 g/mol. The number of hydrogen-bond donors (Lipinski definition) is 2. The van der Waals surface area contributed by atoms with Gasteiger partial charge in [0, 0.05) is 13.1 Å². The van der Waals surface area contributed by atoms with E-state index >= 15 is 0 Å². The Morgan fingerprint density at radius 3 is 2.29 bits per heavy atom. The van der Waals surface area contributed by atoms with Crippen LogP contribution < -0.4 is 5.73 Å². The smallest absolute Gasteiger partial charge is 0.305 e. The minimum absolute atomic E-state index is 0.284. The van der Waals surface area contributed by atoms with E-state index in [9.17, 15) is 9.59 Å². The first-order chi connectivity index (χ1) is 7.88. The van der Waals surface area contributed by atoms with Gasteiger partial charge in [-0.2, -0.15) is 0 Å². The van der Waals surface area contributed by atoms with E-state index in [2.05, 4.69) is 0 Å². The van der Waals surface area contributed by atoms with Crippen LogP contribution in [0.3, 0.4) is 0 Å². The van der Waals surface area contributed by atoms with Gasteiger partial charge in [0.2, 0.25) is 5.91 Å². The summed E-state index contributed by atoms with van der Waals surface area (Å²) in [7, 11) is 3.93. The first kappa shape index (κ1) is 15.9. The molecule has 17 heavy (non-hydrogen) atoms. The Hall–Kier alpha value is -1.14. The zero-order chi connectivity index (χ0) is 13.4. The van der Waals surface area contributed by atoms with Crippen LogP contribution in [-0.4, -0.2) is 66.6 Å². The number of carboxylic acid groups (broad SMARTS) is 1. The van der Waals surface area contributed by atoms with Crippen molar-refractivity contribution in [3.05, 3.63) is 0 Å². The van der Waals surface area contributed by atoms with E-state index in [1.165, 1.54) is 0 Å². The number of carboxylic acids is 1. The number of amides is 1. The van der Waals surface area contributed by atoms with Gasteiger partial charge in [0.05, 0.1) is 12.5 Å². The number of nitrogens with zero attached hydrogens (tertiary/aromatic N) is 2. The Morgan fingerprint density at radius 2 is 1.88 bits per heavy atom. The summed E-state index contributed by atoms with van der Waals surface area (Å²) in [5, 5.41) is 8.58. The normalized spacial score (nSPS) is 12.5. The van der Waals surface area contributed by atoms with Crippen molar-refractivity contribution in [2.75, 3.05) is 33.7 Å². The van der Waals surface area contributed by atoms with Crippen LogP contribution in [-0.2, 0) is 9.59 Å². The summed E-state index contributed by atoms with van der Waals surface area (Å²) < 4.78 is 0. The van der Waals surface area contributed by atoms with Gasteiger partial charge in [-0.25, -0.2) is 0 Å². The zero-order valence-electron chi connectivity index (χ0n) is 10.8. The highest BCUT2D eigenvalue weighted by Gasteiger charge is 2.21. The van der Waals surface area contributed by atoms with Crippen LogP contribution in [0.4, 0.5) is 0 Å². The predicted octanol–water partition coefficient (Wildman–Crippen LogP) is -0.411. The molecule has 0 aromatic rings. The molecule has 100 valence electrons. The second kappa shape index (κ2) is 8.03. The lowest BCUT2D eigenvalue weighted by molar-refractivity contribution is -0.142. The van der Waals surface area contributed by atoms with Crippen molar-refractivity contribution in [2.24, 2.45) is 5.73 Å². The first-order valence-electron chi connectivity index (χ1n) is 5.79. The highest BCUT2D eigenvalue weighted by Crippen LogP contribution is 1.99. The Kier molecular flexibility index (Phi) is 7.49. The van der Waals surface area contributed by atoms with Gasteiger partial charge < -0.3 is 20.6 Å². The van der Waals surface area contributed by atoms with Crippen molar-refractivity contribution >= 4 is 11.9 Å². The molecule has 0 bridgehead atoms. The second-order valence-corrected chi connectivity index (χ2v) is 4.28. The Bertz CT molecular complexity index is 256. The number of carbonyl (C=O) groups excluding carboxylic acids is 1. The molecule has 0 rings (SSSR count). The van der Waals surface area contributed by atoms with Gasteiger partial charge >= 0.3 is 5.97 Å². The molecule has 0 aliphatic heterocycles. The van der Waals surface area contributed by atoms with Crippen LogP contribution in [0.5, 0.6) is 0 Å². The maximum Gasteiger partial charge on any atom is 0.305 e. The number of hydrogen-bond acceptors (Lipinski definition) is 4. The van der Waals surface area contributed by atoms with Gasteiger partial charge in [-0.15, -0.1) is 0 Å². The van der Waals surface area contributed by atoms with E-state index in [0.717, 1.165) is 13.0 Å². The largest absolute Gasteiger partial charge is 0.481 e. The van der Waals surface area contributed by atoms with Gasteiger partial charge in [-0.05, 0) is 34.0 Å². The van der Waals surface area contributed by atoms with E-state index in [1.54, 1.807) is 4.90 Å². The molecule has 6 nitrogen and oxygen atoms in total. The van der Waals surface area contributed by atoms with Crippen molar-refractivity contribution in [1.29, 1.82) is 0 Å². The number of likely N-dealkylation sites (N-methyl/N-ethyl adjacent to an activating group) is 1. The molecule has 0 aromatic carbocycles. The maximum absolute atomic E-state index is 11.8. The standard InChI is InChI=1S/C11H23N3O3/c1-4-14(7-5-6-13(2)3)11(17)9(12)8-10(15)16/h9H,4-8,12H2,1-3H3,(H,15,16). The van der Waals surface area contributed by atoms with E-state index in [4.69, 9.17) is 10.8 Å². The number of carbonyl (C=O) groups is 2. The Labute approximate surface area is 102 Å². The molecule has 1 amide bonds. The molecule has 0 spiro atoms. The Balaban J connectivity index is 4.15. The zero-order valence-corrected chi connectivity index (χ0v) is 10.8. The highest BCUT2D eigenvalue weighted by molar-refractivity contribution is 5.85. The summed E-state index contributed by atoms with van der Waals surface area (Å²) in [5.74, 6) is -1.33. The van der Waals surface area contributed by atoms with Crippen LogP contribution in [0.25, 0.3) is 0 Å². The van der Waals surface area contributed by atoms with E-state index < -0.39 is 12.0 Å². The van der Waals surface area contributed by atoms with Crippen LogP contribution in [0.2, 0.25) is 0 Å². The minimum Gasteiger partial charge on any atom is -0.481 e. The second-order valence-electron chi connectivity index (χ2n) is 4.28. The number of rotatable bonds is 8. The molecule has 1 unspecified atom stereocenters. The number of aliphatic carboxylic acids is 1. The summed E-state index contributed by atoms with van der Waals surface area (Å²) in [6.45, 7) is 3.92. The van der Waals surface area contributed by atoms with Crippen molar-refractivity contribution in [3.8, 4) is 0 Å². The topological polar surface area (TPSA) is 86.9 Å². The summed E-state index contributed by atoms with van der Waals surface area (Å²) in [6, 6.07) is -0.938. The van der Waals surface area contributed by atoms with Crippen LogP contribution in [0, 0.1) is 0 Å². The van der Waals surface area contributed by atoms with Gasteiger partial charge in [-0.3, -0.25) is 9.59 Å². The fraction of sp³-hybridized carbons (Fsp3) is 0.818. The maximum atomic E-state index is 11.8. The van der Waals surface area contributed by atoms with E-state index in [-0.39, 0.29) is 12.3 Å². The monoisotopic (exact) mass is 245 g/mol. The predicted molar refractivity (Wildman–Crippen MR) is 65.7 cm³/mol. The number of nitrogens with two attached hydrogens (primary N) is 1. The molecule has 1 atom stereocenters. The average Bonchev–Trinajstić information content (AvgIpc) is 2.22. The summed E-state index contributed by atoms with van der Waals surface area (Å²) in [5.41, 5.74) is 5.54. The van der Waals surface area contributed by atoms with Crippen molar-refractivity contribution in [2.45, 2.75) is 25.8 Å². The molecule has 0 saturated heterocycles. The Morgan fingerprint density at radius 1 is 1.29 bits per heavy atom. The van der Waals surface area contributed by atoms with Crippen LogP contribution in [0.1, 0.15) is 19.8 Å². The van der Waals surface area contributed by atoms with Crippen molar-refractivity contribution in [3.63, 3.8) is 0 Å². The molecule has 3 N–H and O–H groups in total. The summed E-state index contributed by atoms with van der Waals surface area (Å²) in [6.07, 6.45) is 0.537. The minimum atomic E-state index is -1.05. The molecule has 0 saturated carbocycles. The molecule has 0 heterocycles. The third-order valence-corrected chi connectivity index (χ3v) is 2.44. The summed E-state index contributed by atoms with van der Waals surface area (Å²) in [4.78, 5) is 25.9. The SMILES string of the molecule is CCN(CCCN(C)C)C(=O)C(N)CC(=O)O. The quantitative estimate of drug-likeness (QED) is 0.607. The van der Waals surface area contributed by atoms with Gasteiger partial charge in [0.25, 0.3) is 0 Å². The molecule has 0 radical (unpaired) electrons. The van der Waals surface area contributed by atoms with Gasteiger partial charge in [-0.1, -0.05) is 0 Å². The molecular formula is C11H23N3O3. The highest BCUT2D eigenvalue weighted by atomic mass is 16.4. The lowest BCUT2D eigenvalue weighted by atomic mass is 10.2. The van der Waals surface area contributed by atoms with Gasteiger partial charge in [0.1, 0.15) is 0 Å². The van der Waals surface area contributed by atoms with Gasteiger partial charge in [0.15, 0.2) is 0 Å². The van der Waals surface area contributed by atoms with Crippen LogP contribution >= 0.6 is 0 Å². The fourth-order valence-electron chi connectivity index (χ4n) is 1.51. The molecule has 0 fully saturated rings. The lowest BCUT2D eigenvalue weighted by Crippen LogP contribution is -2.45. The molecule has 0 aliphatic rings. The molecule has 6 heteroatoms. The average molecular weight is 245 g/mol. The summed E-state index contributed by atoms with van der Waals surface area (Å²) >= 11 is 0. The van der Waals surface area contributed by atoms with Crippen LogP contribution in [0.15, 0.2) is 0 Å².